The van der Waals surface area contributed by atoms with Gasteiger partial charge in [-0.3, -0.25) is 4.79 Å². The fourth-order valence-electron chi connectivity index (χ4n) is 2.29. The van der Waals surface area contributed by atoms with Crippen LogP contribution in [0.5, 0.6) is 5.75 Å². The molecule has 3 nitrogen and oxygen atoms in total. The number of carbonyl (C=O) groups is 1. The number of aromatic hydroxyl groups is 1. The van der Waals surface area contributed by atoms with Crippen molar-refractivity contribution in [2.24, 2.45) is 0 Å². The first kappa shape index (κ1) is 11.5. The summed E-state index contributed by atoms with van der Waals surface area (Å²) in [7, 11) is 0. The maximum atomic E-state index is 10.8. The molecule has 86 valence electrons. The van der Waals surface area contributed by atoms with Gasteiger partial charge in [0.25, 0.3) is 0 Å². The third-order valence-electron chi connectivity index (χ3n) is 3.21. The Bertz CT molecular complexity index is 450. The lowest BCUT2D eigenvalue weighted by Crippen LogP contribution is -2.14. The minimum absolute atomic E-state index is 0.0951. The van der Waals surface area contributed by atoms with Gasteiger partial charge in [0, 0.05) is 11.0 Å². The van der Waals surface area contributed by atoms with Crippen molar-refractivity contribution in [1.29, 1.82) is 0 Å². The summed E-state index contributed by atoms with van der Waals surface area (Å²) in [4.78, 5) is 10.8. The molecule has 0 amide bonds. The van der Waals surface area contributed by atoms with Gasteiger partial charge in [0.1, 0.15) is 5.75 Å². The van der Waals surface area contributed by atoms with Gasteiger partial charge in [0.2, 0.25) is 0 Å². The van der Waals surface area contributed by atoms with E-state index >= 15 is 0 Å². The van der Waals surface area contributed by atoms with Gasteiger partial charge in [0.05, 0.1) is 10.9 Å². The van der Waals surface area contributed by atoms with Crippen LogP contribution < -0.4 is 0 Å². The molecule has 0 spiro atoms. The molecule has 0 saturated heterocycles. The molecule has 0 heterocycles. The average Bonchev–Trinajstić information content (AvgIpc) is 2.92. The predicted octanol–water partition coefficient (Wildman–Crippen LogP) is 2.97. The van der Waals surface area contributed by atoms with Crippen molar-refractivity contribution in [2.45, 2.75) is 31.6 Å². The topological polar surface area (TPSA) is 57.5 Å². The van der Waals surface area contributed by atoms with Gasteiger partial charge in [-0.2, -0.15) is 0 Å². The zero-order valence-corrected chi connectivity index (χ0v) is 10.5. The Balaban J connectivity index is 2.48. The lowest BCUT2D eigenvalue weighted by molar-refractivity contribution is -0.137. The van der Waals surface area contributed by atoms with E-state index in [9.17, 15) is 9.90 Å². The molecular formula is C12H13BrO3. The highest BCUT2D eigenvalue weighted by Gasteiger charge is 2.48. The number of hydrogen-bond donors (Lipinski definition) is 2. The van der Waals surface area contributed by atoms with Crippen LogP contribution in [0.25, 0.3) is 0 Å². The molecule has 4 heteroatoms. The zero-order valence-electron chi connectivity index (χ0n) is 8.96. The number of carboxylic acid groups (broad SMARTS) is 1. The van der Waals surface area contributed by atoms with Crippen LogP contribution in [-0.4, -0.2) is 16.2 Å². The number of aryl methyl sites for hydroxylation is 1. The number of benzene rings is 1. The first-order valence-corrected chi connectivity index (χ1v) is 5.96. The van der Waals surface area contributed by atoms with Crippen molar-refractivity contribution < 1.29 is 15.0 Å². The molecule has 1 fully saturated rings. The molecule has 0 aliphatic heterocycles. The summed E-state index contributed by atoms with van der Waals surface area (Å²) in [6.45, 7) is 1.91. The summed E-state index contributed by atoms with van der Waals surface area (Å²) >= 11 is 3.27. The van der Waals surface area contributed by atoms with Crippen LogP contribution in [0.1, 0.15) is 30.4 Å². The van der Waals surface area contributed by atoms with E-state index in [0.29, 0.717) is 4.47 Å². The molecule has 0 bridgehead atoms. The summed E-state index contributed by atoms with van der Waals surface area (Å²) in [5.41, 5.74) is 1.41. The Hall–Kier alpha value is -1.03. The number of phenols is 1. The van der Waals surface area contributed by atoms with E-state index < -0.39 is 5.97 Å². The SMILES string of the molecule is Cc1ccc(Br)c(O)c1C1(CC(=O)O)CC1. The van der Waals surface area contributed by atoms with E-state index in [1.165, 1.54) is 0 Å². The van der Waals surface area contributed by atoms with E-state index in [0.717, 1.165) is 24.0 Å². The predicted molar refractivity (Wildman–Crippen MR) is 63.7 cm³/mol. The van der Waals surface area contributed by atoms with Crippen LogP contribution in [0, 0.1) is 6.92 Å². The molecule has 0 radical (unpaired) electrons. The first-order chi connectivity index (χ1) is 7.46. The van der Waals surface area contributed by atoms with Crippen molar-refractivity contribution in [2.75, 3.05) is 0 Å². The Labute approximate surface area is 102 Å². The highest BCUT2D eigenvalue weighted by atomic mass is 79.9. The average molecular weight is 285 g/mol. The van der Waals surface area contributed by atoms with Crippen LogP contribution in [0.15, 0.2) is 16.6 Å². The molecule has 2 rings (SSSR count). The second kappa shape index (κ2) is 3.77. The van der Waals surface area contributed by atoms with Crippen molar-refractivity contribution in [3.63, 3.8) is 0 Å². The molecular weight excluding hydrogens is 272 g/mol. The standard InChI is InChI=1S/C12H13BrO3/c1-7-2-3-8(13)11(16)10(7)12(4-5-12)6-9(14)15/h2-3,16H,4-6H2,1H3,(H,14,15). The van der Waals surface area contributed by atoms with Gasteiger partial charge in [-0.1, -0.05) is 6.07 Å². The smallest absolute Gasteiger partial charge is 0.304 e. The van der Waals surface area contributed by atoms with E-state index in [1.807, 2.05) is 13.0 Å². The fraction of sp³-hybridized carbons (Fsp3) is 0.417. The summed E-state index contributed by atoms with van der Waals surface area (Å²) in [5, 5.41) is 18.9. The van der Waals surface area contributed by atoms with E-state index in [2.05, 4.69) is 15.9 Å². The minimum Gasteiger partial charge on any atom is -0.506 e. The van der Waals surface area contributed by atoms with E-state index in [4.69, 9.17) is 5.11 Å². The van der Waals surface area contributed by atoms with Gasteiger partial charge >= 0.3 is 5.97 Å². The Kier molecular flexibility index (Phi) is 2.70. The molecule has 1 aromatic carbocycles. The number of aliphatic carboxylic acids is 1. The highest BCUT2D eigenvalue weighted by Crippen LogP contribution is 2.55. The number of halogens is 1. The third kappa shape index (κ3) is 1.82. The van der Waals surface area contributed by atoms with E-state index in [1.54, 1.807) is 6.07 Å². The van der Waals surface area contributed by atoms with Crippen LogP contribution in [0.2, 0.25) is 0 Å². The lowest BCUT2D eigenvalue weighted by atomic mass is 9.88. The lowest BCUT2D eigenvalue weighted by Gasteiger charge is -2.18. The molecule has 16 heavy (non-hydrogen) atoms. The normalized spacial score (nSPS) is 17.1. The van der Waals surface area contributed by atoms with Crippen LogP contribution in [0.4, 0.5) is 0 Å². The minimum atomic E-state index is -0.809. The number of hydrogen-bond acceptors (Lipinski definition) is 2. The van der Waals surface area contributed by atoms with Gasteiger partial charge in [-0.25, -0.2) is 0 Å². The molecule has 1 saturated carbocycles. The molecule has 0 aromatic heterocycles. The maximum Gasteiger partial charge on any atom is 0.304 e. The van der Waals surface area contributed by atoms with E-state index in [-0.39, 0.29) is 17.6 Å². The highest BCUT2D eigenvalue weighted by molar-refractivity contribution is 9.10. The van der Waals surface area contributed by atoms with Gasteiger partial charge < -0.3 is 10.2 Å². The van der Waals surface area contributed by atoms with Crippen molar-refractivity contribution in [3.05, 3.63) is 27.7 Å². The Morgan fingerprint density at radius 2 is 2.12 bits per heavy atom. The molecule has 1 aliphatic rings. The number of rotatable bonds is 3. The maximum absolute atomic E-state index is 10.8. The number of carboxylic acids is 1. The second-order valence-electron chi connectivity index (χ2n) is 4.44. The van der Waals surface area contributed by atoms with Gasteiger partial charge in [-0.05, 0) is 47.3 Å². The van der Waals surface area contributed by atoms with Crippen molar-refractivity contribution >= 4 is 21.9 Å². The summed E-state index contributed by atoms with van der Waals surface area (Å²) in [6.07, 6.45) is 1.77. The van der Waals surface area contributed by atoms with Crippen LogP contribution in [0.3, 0.4) is 0 Å². The summed E-state index contributed by atoms with van der Waals surface area (Å²) in [5.74, 6) is -0.616. The van der Waals surface area contributed by atoms with Gasteiger partial charge in [0.15, 0.2) is 0 Å². The largest absolute Gasteiger partial charge is 0.506 e. The quantitative estimate of drug-likeness (QED) is 0.897. The molecule has 1 aromatic rings. The van der Waals surface area contributed by atoms with Crippen molar-refractivity contribution in [1.82, 2.24) is 0 Å². The fourth-order valence-corrected chi connectivity index (χ4v) is 2.62. The summed E-state index contributed by atoms with van der Waals surface area (Å²) < 4.78 is 0.629. The van der Waals surface area contributed by atoms with Crippen molar-refractivity contribution in [3.8, 4) is 5.75 Å². The molecule has 0 unspecified atom stereocenters. The molecule has 1 aliphatic carbocycles. The first-order valence-electron chi connectivity index (χ1n) is 5.17. The van der Waals surface area contributed by atoms with Crippen LogP contribution >= 0.6 is 15.9 Å². The van der Waals surface area contributed by atoms with Crippen LogP contribution in [-0.2, 0) is 10.2 Å². The zero-order chi connectivity index (χ0) is 11.9. The molecule has 0 atom stereocenters. The van der Waals surface area contributed by atoms with Gasteiger partial charge in [-0.15, -0.1) is 0 Å². The monoisotopic (exact) mass is 284 g/mol. The number of phenolic OH excluding ortho intramolecular Hbond substituents is 1. The molecule has 2 N–H and O–H groups in total. The summed E-state index contributed by atoms with van der Waals surface area (Å²) in [6, 6.07) is 3.69. The third-order valence-corrected chi connectivity index (χ3v) is 3.85. The Morgan fingerprint density at radius 3 is 2.62 bits per heavy atom. The second-order valence-corrected chi connectivity index (χ2v) is 5.29. The Morgan fingerprint density at radius 1 is 1.50 bits per heavy atom.